The van der Waals surface area contributed by atoms with E-state index in [0.717, 1.165) is 5.56 Å². The van der Waals surface area contributed by atoms with Crippen molar-refractivity contribution in [3.05, 3.63) is 35.9 Å². The summed E-state index contributed by atoms with van der Waals surface area (Å²) < 4.78 is 0. The smallest absolute Gasteiger partial charge is 0.326 e. The summed E-state index contributed by atoms with van der Waals surface area (Å²) in [6.07, 6.45) is 0.644. The third-order valence-corrected chi connectivity index (χ3v) is 4.92. The highest BCUT2D eigenvalue weighted by Gasteiger charge is 2.31. The van der Waals surface area contributed by atoms with Gasteiger partial charge in [-0.1, -0.05) is 50.6 Å². The SMILES string of the molecule is CCC(C)C(NC(=O)C(CO)NC(=O)C(Cc1ccccc1)NC(=O)C(C)N)C(=O)O. The number of aliphatic carboxylic acids is 1. The van der Waals surface area contributed by atoms with E-state index in [1.54, 1.807) is 44.2 Å². The molecule has 1 aromatic carbocycles. The lowest BCUT2D eigenvalue weighted by Gasteiger charge is -2.25. The second-order valence-corrected chi connectivity index (χ2v) is 7.49. The van der Waals surface area contributed by atoms with Crippen molar-refractivity contribution in [3.8, 4) is 0 Å². The van der Waals surface area contributed by atoms with Gasteiger partial charge in [-0.25, -0.2) is 4.79 Å². The Hall–Kier alpha value is -2.98. The number of hydrogen-bond acceptors (Lipinski definition) is 6. The number of amides is 3. The topological polar surface area (TPSA) is 171 Å². The number of hydrogen-bond donors (Lipinski definition) is 6. The molecule has 0 saturated carbocycles. The van der Waals surface area contributed by atoms with Crippen molar-refractivity contribution in [2.75, 3.05) is 6.61 Å². The summed E-state index contributed by atoms with van der Waals surface area (Å²) in [7, 11) is 0. The molecule has 3 amide bonds. The number of carbonyl (C=O) groups is 4. The summed E-state index contributed by atoms with van der Waals surface area (Å²) >= 11 is 0. The molecule has 0 heterocycles. The molecule has 0 aromatic heterocycles. The normalized spacial score (nSPS) is 15.6. The van der Waals surface area contributed by atoms with E-state index in [-0.39, 0.29) is 12.3 Å². The largest absolute Gasteiger partial charge is 0.480 e. The minimum absolute atomic E-state index is 0.134. The molecular weight excluding hydrogens is 404 g/mol. The lowest BCUT2D eigenvalue weighted by Crippen LogP contribution is -2.59. The van der Waals surface area contributed by atoms with Crippen LogP contribution in [0, 0.1) is 5.92 Å². The van der Waals surface area contributed by atoms with E-state index >= 15 is 0 Å². The Morgan fingerprint density at radius 2 is 1.48 bits per heavy atom. The number of carboxylic acid groups (broad SMARTS) is 1. The van der Waals surface area contributed by atoms with Crippen LogP contribution in [0.15, 0.2) is 30.3 Å². The summed E-state index contributed by atoms with van der Waals surface area (Å²) in [5, 5.41) is 26.2. The van der Waals surface area contributed by atoms with Gasteiger partial charge in [0.1, 0.15) is 18.1 Å². The van der Waals surface area contributed by atoms with E-state index in [2.05, 4.69) is 16.0 Å². The molecule has 0 radical (unpaired) electrons. The zero-order valence-electron chi connectivity index (χ0n) is 18.0. The van der Waals surface area contributed by atoms with Crippen LogP contribution >= 0.6 is 0 Å². The Kier molecular flexibility index (Phi) is 10.6. The fourth-order valence-electron chi connectivity index (χ4n) is 2.77. The quantitative estimate of drug-likeness (QED) is 0.248. The van der Waals surface area contributed by atoms with Crippen LogP contribution in [0.3, 0.4) is 0 Å². The number of benzene rings is 1. The summed E-state index contributed by atoms with van der Waals surface area (Å²) in [5.41, 5.74) is 6.34. The molecule has 0 saturated heterocycles. The molecule has 10 nitrogen and oxygen atoms in total. The van der Waals surface area contributed by atoms with Gasteiger partial charge in [0.25, 0.3) is 0 Å². The van der Waals surface area contributed by atoms with E-state index < -0.39 is 54.5 Å². The molecule has 0 aliphatic heterocycles. The molecule has 7 N–H and O–H groups in total. The molecule has 1 rings (SSSR count). The summed E-state index contributed by atoms with van der Waals surface area (Å²) in [5.74, 6) is -3.66. The van der Waals surface area contributed by atoms with Crippen LogP contribution in [0.5, 0.6) is 0 Å². The monoisotopic (exact) mass is 436 g/mol. The predicted molar refractivity (Wildman–Crippen MR) is 114 cm³/mol. The van der Waals surface area contributed by atoms with Crippen LogP contribution in [0.2, 0.25) is 0 Å². The number of carbonyl (C=O) groups excluding carboxylic acids is 3. The molecule has 10 heteroatoms. The zero-order valence-corrected chi connectivity index (χ0v) is 18.0. The van der Waals surface area contributed by atoms with E-state index in [0.29, 0.717) is 6.42 Å². The van der Waals surface area contributed by atoms with Gasteiger partial charge >= 0.3 is 5.97 Å². The van der Waals surface area contributed by atoms with Crippen molar-refractivity contribution >= 4 is 23.7 Å². The van der Waals surface area contributed by atoms with Crippen molar-refractivity contribution in [1.29, 1.82) is 0 Å². The third-order valence-electron chi connectivity index (χ3n) is 4.92. The minimum Gasteiger partial charge on any atom is -0.480 e. The lowest BCUT2D eigenvalue weighted by molar-refractivity contribution is -0.144. The Bertz CT molecular complexity index is 755. The second kappa shape index (κ2) is 12.7. The highest BCUT2D eigenvalue weighted by atomic mass is 16.4. The van der Waals surface area contributed by atoms with Gasteiger partial charge in [-0.3, -0.25) is 14.4 Å². The Labute approximate surface area is 181 Å². The van der Waals surface area contributed by atoms with Gasteiger partial charge in [0, 0.05) is 6.42 Å². The fraction of sp³-hybridized carbons (Fsp3) is 0.524. The summed E-state index contributed by atoms with van der Waals surface area (Å²) in [6, 6.07) is 4.47. The number of aliphatic hydroxyl groups is 1. The van der Waals surface area contributed by atoms with E-state index in [1.807, 2.05) is 0 Å². The van der Waals surface area contributed by atoms with Crippen molar-refractivity contribution < 1.29 is 29.4 Å². The van der Waals surface area contributed by atoms with Gasteiger partial charge in [0.05, 0.1) is 12.6 Å². The standard InChI is InChI=1S/C21H32N4O6/c1-4-12(2)17(21(30)31)25-20(29)16(11-26)24-19(28)15(23-18(27)13(3)22)10-14-8-6-5-7-9-14/h5-9,12-13,15-17,26H,4,10-11,22H2,1-3H3,(H,23,27)(H,24,28)(H,25,29)(H,30,31). The molecule has 5 unspecified atom stereocenters. The molecule has 1 aromatic rings. The van der Waals surface area contributed by atoms with Crippen molar-refractivity contribution in [2.45, 2.75) is 57.8 Å². The zero-order chi connectivity index (χ0) is 23.6. The summed E-state index contributed by atoms with van der Waals surface area (Å²) in [4.78, 5) is 48.8. The Balaban J connectivity index is 2.94. The van der Waals surface area contributed by atoms with Gasteiger partial charge < -0.3 is 31.9 Å². The average molecular weight is 437 g/mol. The van der Waals surface area contributed by atoms with Crippen molar-refractivity contribution in [2.24, 2.45) is 11.7 Å². The molecule has 0 aliphatic carbocycles. The fourth-order valence-corrected chi connectivity index (χ4v) is 2.77. The molecule has 5 atom stereocenters. The third kappa shape index (κ3) is 8.35. The predicted octanol–water partition coefficient (Wildman–Crippen LogP) is -0.846. The highest BCUT2D eigenvalue weighted by Crippen LogP contribution is 2.09. The first-order chi connectivity index (χ1) is 14.6. The van der Waals surface area contributed by atoms with Crippen molar-refractivity contribution in [3.63, 3.8) is 0 Å². The van der Waals surface area contributed by atoms with Crippen LogP contribution in [0.4, 0.5) is 0 Å². The number of aliphatic hydroxyl groups excluding tert-OH is 1. The molecule has 0 spiro atoms. The first kappa shape index (κ1) is 26.1. The average Bonchev–Trinajstić information content (AvgIpc) is 2.74. The molecule has 0 bridgehead atoms. The molecule has 31 heavy (non-hydrogen) atoms. The molecular formula is C21H32N4O6. The number of carboxylic acids is 1. The number of nitrogens with two attached hydrogens (primary N) is 1. The van der Waals surface area contributed by atoms with E-state index in [1.165, 1.54) is 6.92 Å². The van der Waals surface area contributed by atoms with Gasteiger partial charge in [-0.2, -0.15) is 0 Å². The molecule has 0 fully saturated rings. The maximum absolute atomic E-state index is 12.8. The van der Waals surface area contributed by atoms with E-state index in [9.17, 15) is 29.4 Å². The van der Waals surface area contributed by atoms with Crippen LogP contribution in [0.25, 0.3) is 0 Å². The second-order valence-electron chi connectivity index (χ2n) is 7.49. The number of rotatable bonds is 12. The lowest BCUT2D eigenvalue weighted by atomic mass is 9.99. The Morgan fingerprint density at radius 1 is 0.935 bits per heavy atom. The maximum Gasteiger partial charge on any atom is 0.326 e. The van der Waals surface area contributed by atoms with Gasteiger partial charge in [0.2, 0.25) is 17.7 Å². The minimum atomic E-state index is -1.39. The van der Waals surface area contributed by atoms with Gasteiger partial charge in [0.15, 0.2) is 0 Å². The van der Waals surface area contributed by atoms with Crippen molar-refractivity contribution in [1.82, 2.24) is 16.0 Å². The van der Waals surface area contributed by atoms with Crippen LogP contribution in [-0.4, -0.2) is 64.7 Å². The maximum atomic E-state index is 12.8. The summed E-state index contributed by atoms with van der Waals surface area (Å²) in [6.45, 7) is 4.18. The molecule has 0 aliphatic rings. The van der Waals surface area contributed by atoms with Gasteiger partial charge in [-0.15, -0.1) is 0 Å². The first-order valence-electron chi connectivity index (χ1n) is 10.1. The first-order valence-corrected chi connectivity index (χ1v) is 10.1. The van der Waals surface area contributed by atoms with Crippen LogP contribution in [0.1, 0.15) is 32.8 Å². The van der Waals surface area contributed by atoms with Crippen LogP contribution in [-0.2, 0) is 25.6 Å². The Morgan fingerprint density at radius 3 is 1.97 bits per heavy atom. The van der Waals surface area contributed by atoms with E-state index in [4.69, 9.17) is 5.73 Å². The molecule has 172 valence electrons. The number of nitrogens with one attached hydrogen (secondary N) is 3. The van der Waals surface area contributed by atoms with Gasteiger partial charge in [-0.05, 0) is 18.4 Å². The van der Waals surface area contributed by atoms with Crippen LogP contribution < -0.4 is 21.7 Å². The highest BCUT2D eigenvalue weighted by molar-refractivity contribution is 5.94.